The van der Waals surface area contributed by atoms with E-state index in [0.29, 0.717) is 50.1 Å². The van der Waals surface area contributed by atoms with Gasteiger partial charge in [-0.2, -0.15) is 26.3 Å². The molecule has 3 radical (unpaired) electrons. The van der Waals surface area contributed by atoms with Crippen molar-refractivity contribution >= 4 is 37.7 Å². The number of halogens is 6. The van der Waals surface area contributed by atoms with Crippen LogP contribution in [0.4, 0.5) is 43.8 Å². The molecular weight excluding hydrogens is 1750 g/mol. The molecule has 9 aromatic heterocycles. The van der Waals surface area contributed by atoms with Crippen molar-refractivity contribution in [3.63, 3.8) is 0 Å². The number of nitrogens with zero attached hydrogens (tertiary/aromatic N) is 12. The average molecular weight is 1830 g/mol. The van der Waals surface area contributed by atoms with Gasteiger partial charge < -0.3 is 66.6 Å². The molecule has 0 saturated carbocycles. The summed E-state index contributed by atoms with van der Waals surface area (Å²) in [5.41, 5.74) is -10.6. The van der Waals surface area contributed by atoms with Gasteiger partial charge in [0.15, 0.2) is 20.2 Å². The van der Waals surface area contributed by atoms with Crippen molar-refractivity contribution in [1.82, 2.24) is 60.5 Å². The van der Waals surface area contributed by atoms with Gasteiger partial charge in [0.2, 0.25) is 0 Å². The molecule has 38 heteroatoms. The average Bonchev–Trinajstić information content (AvgIpc) is 0.764. The van der Waals surface area contributed by atoms with E-state index in [4.69, 9.17) is 25.9 Å². The fourth-order valence-corrected chi connectivity index (χ4v) is 10.9. The Hall–Kier alpha value is -9.91. The van der Waals surface area contributed by atoms with Crippen LogP contribution in [0.25, 0.3) is 33.4 Å². The van der Waals surface area contributed by atoms with E-state index in [0.717, 1.165) is 17.5 Å². The summed E-state index contributed by atoms with van der Waals surface area (Å²) in [6.07, 6.45) is 14.7. The van der Waals surface area contributed by atoms with Crippen molar-refractivity contribution in [2.45, 2.75) is 107 Å². The van der Waals surface area contributed by atoms with Gasteiger partial charge in [-0.15, -0.1) is 0 Å². The zero-order valence-corrected chi connectivity index (χ0v) is 69.9. The van der Waals surface area contributed by atoms with Gasteiger partial charge in [-0.25, -0.2) is 16.8 Å². The minimum absolute atomic E-state index is 0. The first-order valence-corrected chi connectivity index (χ1v) is 36.7. The second kappa shape index (κ2) is 44.8. The third kappa shape index (κ3) is 28.4. The molecule has 0 fully saturated rings. The second-order valence-corrected chi connectivity index (χ2v) is 30.2. The fourth-order valence-electron chi connectivity index (χ4n) is 10.9. The normalized spacial score (nSPS) is 11.5. The molecule has 0 amide bonds. The quantitative estimate of drug-likeness (QED) is 0.0371. The summed E-state index contributed by atoms with van der Waals surface area (Å²) in [5, 5.41) is 80.1. The molecule has 0 aliphatic rings. The Labute approximate surface area is 720 Å². The van der Waals surface area contributed by atoms with Crippen LogP contribution >= 0.6 is 0 Å². The Bertz CT molecular complexity index is 4690. The first kappa shape index (κ1) is 104. The van der Waals surface area contributed by atoms with Crippen LogP contribution in [0, 0.1) is 0 Å². The predicted octanol–water partition coefficient (Wildman–Crippen LogP) is 11.6. The largest absolute Gasteiger partial charge is 3.00 e. The smallest absolute Gasteiger partial charge is 2.00 e. The number of hydrogen-bond donors (Lipinski definition) is 3. The van der Waals surface area contributed by atoms with Crippen molar-refractivity contribution in [2.24, 2.45) is 0 Å². The van der Waals surface area contributed by atoms with Crippen LogP contribution in [0.1, 0.15) is 113 Å². The van der Waals surface area contributed by atoms with Crippen LogP contribution < -0.4 is 46.6 Å². The minimum Gasteiger partial charge on any atom is -2.00 e. The molecule has 9 heterocycles. The number of nitrogens with one attached hydrogen (secondary N) is 3. The third-order valence-electron chi connectivity index (χ3n) is 15.4. The molecule has 4 aromatic carbocycles. The molecule has 13 aromatic rings. The standard InChI is InChI=1S/C57H39N6O3.3C7H12N3.2CHF3O3S.4Fe.H2O.O/c64-55(49-25-7-13-31-58-49,50-26-8-14-32-59-50)46-22-4-1-19-43(46)40-37-41(44-20-2-5-23-47(44)56(65,51-27-9-15-33-60-51)52-28-10-16-34-61-52)39-42(38-40)45-21-3-6-24-48(45)57(66,53-29-11-17-35-62-53)54-30-12-18-36-63-54;3*1-7(2,3)9-6-4-5-8-10-6;2*2-1(3,4)8(5,6)7;;;;;;/h1-39H;3*4-5H,1-3H3,(H-,8,9,10);2*(H,5,6,7);;;;;1H2;/q-3;3*-1;;;+2;3*+3;;-2/p-3. The maximum Gasteiger partial charge on any atom is 3.00 e. The minimum atomic E-state index is -6.09. The van der Waals surface area contributed by atoms with Gasteiger partial charge in [-0.3, -0.25) is 45.2 Å². The van der Waals surface area contributed by atoms with Crippen LogP contribution in [0.2, 0.25) is 0 Å². The van der Waals surface area contributed by atoms with E-state index in [2.05, 4.69) is 139 Å². The van der Waals surface area contributed by atoms with E-state index < -0.39 is 48.1 Å². The van der Waals surface area contributed by atoms with E-state index >= 15 is 15.3 Å². The van der Waals surface area contributed by atoms with E-state index in [1.54, 1.807) is 165 Å². The number of anilines is 3. The summed E-state index contributed by atoms with van der Waals surface area (Å²) in [4.78, 5) is 27.7. The summed E-state index contributed by atoms with van der Waals surface area (Å²) >= 11 is 0. The number of pyridine rings is 6. The van der Waals surface area contributed by atoms with Crippen molar-refractivity contribution in [1.29, 1.82) is 0 Å². The van der Waals surface area contributed by atoms with Crippen molar-refractivity contribution < 1.29 is 147 Å². The molecule has 0 spiro atoms. The first-order valence-electron chi connectivity index (χ1n) is 33.9. The second-order valence-electron chi connectivity index (χ2n) is 27.4. The van der Waals surface area contributed by atoms with Crippen LogP contribution in [-0.2, 0) is 111 Å². The Kier molecular flexibility index (Phi) is 39.5. The first-order chi connectivity index (χ1) is 52.6. The summed E-state index contributed by atoms with van der Waals surface area (Å²) in [6.45, 7) is 18.8. The van der Waals surface area contributed by atoms with Gasteiger partial charge in [0.05, 0.1) is 0 Å². The summed E-state index contributed by atoms with van der Waals surface area (Å²) in [5.74, 6) is 2.52. The van der Waals surface area contributed by atoms with Crippen LogP contribution in [0.5, 0.6) is 0 Å². The van der Waals surface area contributed by atoms with Crippen molar-refractivity contribution in [3.05, 3.63) is 325 Å². The molecule has 4 N–H and O–H groups in total. The van der Waals surface area contributed by atoms with Gasteiger partial charge in [0.1, 0.15) is 0 Å². The Balaban J connectivity index is 0.000000733. The molecule has 26 nitrogen and oxygen atoms in total. The fraction of sp³-hybridized carbons (Fsp3) is 0.212. The summed E-state index contributed by atoms with van der Waals surface area (Å²) < 4.78 is 118. The number of benzene rings is 4. The summed E-state index contributed by atoms with van der Waals surface area (Å²) in [7, 11) is -12.2. The number of hydrogen-bond acceptors (Lipinski definition) is 22. The van der Waals surface area contributed by atoms with Crippen molar-refractivity contribution in [2.75, 3.05) is 16.0 Å². The van der Waals surface area contributed by atoms with Gasteiger partial charge in [0.25, 0.3) is 0 Å². The summed E-state index contributed by atoms with van der Waals surface area (Å²) in [6, 6.07) is 65.6. The number of alkyl halides is 6. The van der Waals surface area contributed by atoms with E-state index in [1.807, 2.05) is 109 Å². The topological polar surface area (TPSA) is 436 Å². The van der Waals surface area contributed by atoms with Crippen LogP contribution in [-0.4, -0.2) is 104 Å². The number of aromatic nitrogens is 12. The molecule has 13 rings (SSSR count). The van der Waals surface area contributed by atoms with E-state index in [-0.39, 0.29) is 130 Å². The zero-order chi connectivity index (χ0) is 81.8. The van der Waals surface area contributed by atoms with Gasteiger partial charge in [-0.1, -0.05) is 172 Å². The van der Waals surface area contributed by atoms with E-state index in [9.17, 15) is 26.3 Å². The van der Waals surface area contributed by atoms with E-state index in [1.165, 1.54) is 0 Å². The predicted molar refractivity (Wildman–Crippen MR) is 405 cm³/mol. The molecule has 623 valence electrons. The Morgan fingerprint density at radius 1 is 0.314 bits per heavy atom. The molecule has 0 unspecified atom stereocenters. The molecule has 0 aliphatic heterocycles. The zero-order valence-electron chi connectivity index (χ0n) is 63.9. The van der Waals surface area contributed by atoms with Gasteiger partial charge in [-0.05, 0) is 193 Å². The van der Waals surface area contributed by atoms with Crippen molar-refractivity contribution in [3.8, 4) is 33.4 Å². The third-order valence-corrected chi connectivity index (χ3v) is 16.5. The maximum atomic E-state index is 16.0. The monoisotopic (exact) mass is 1820 g/mol. The van der Waals surface area contributed by atoms with Crippen LogP contribution in [0.15, 0.2) is 274 Å². The van der Waals surface area contributed by atoms with Gasteiger partial charge >= 0.3 is 79.3 Å². The Morgan fingerprint density at radius 2 is 0.492 bits per heavy atom. The molecule has 118 heavy (non-hydrogen) atoms. The Morgan fingerprint density at radius 3 is 0.636 bits per heavy atom. The molecule has 0 saturated heterocycles. The molecule has 0 aliphatic carbocycles. The molecule has 0 atom stereocenters. The molecular formula is C80H76F6Fe4N15O11S2. The SMILES string of the molecule is CC(C)(C)Nc1ccn[n-]1.CC(C)(C)Nc1ccn[n-]1.CC(C)(C)Nc1ccn[n-]1.O=S(=O)([O-])C(F)(F)F.O=S(=O)([O-])C(F)(F)F.[Fe+2].[Fe+3].[Fe+3].[Fe+3].[O-2].[O-]C(c1ccccn1)(c1ccccn1)c1ccccc1-c1cc(-c2ccccc2C([O-])(c2ccccn2)c2ccccn2)cc(-c2ccccc2C([O-])(c2ccccn2)c2ccccn2)c1.[OH-]. The number of rotatable bonds is 15. The molecule has 0 bridgehead atoms. The maximum absolute atomic E-state index is 16.0. The van der Waals surface area contributed by atoms with Crippen LogP contribution in [0.3, 0.4) is 0 Å². The van der Waals surface area contributed by atoms with Gasteiger partial charge in [0, 0.05) is 107 Å².